The molecular formula is C20H21N3S2. The third kappa shape index (κ3) is 3.70. The molecule has 0 bridgehead atoms. The maximum absolute atomic E-state index is 9.32. The summed E-state index contributed by atoms with van der Waals surface area (Å²) in [6.07, 6.45) is 5.07. The molecule has 2 heterocycles. The minimum absolute atomic E-state index is 0.419. The second-order valence-corrected chi connectivity index (χ2v) is 8.11. The van der Waals surface area contributed by atoms with Gasteiger partial charge in [0.2, 0.25) is 0 Å². The molecule has 25 heavy (non-hydrogen) atoms. The van der Waals surface area contributed by atoms with Gasteiger partial charge in [-0.25, -0.2) is 0 Å². The van der Waals surface area contributed by atoms with Crippen molar-refractivity contribution in [2.24, 2.45) is 0 Å². The molecule has 0 fully saturated rings. The van der Waals surface area contributed by atoms with Crippen LogP contribution in [0.3, 0.4) is 0 Å². The second kappa shape index (κ2) is 8.46. The van der Waals surface area contributed by atoms with Crippen molar-refractivity contribution in [2.75, 3.05) is 11.5 Å². The second-order valence-electron chi connectivity index (χ2n) is 5.56. The van der Waals surface area contributed by atoms with E-state index in [1.807, 2.05) is 42.0 Å². The van der Waals surface area contributed by atoms with Gasteiger partial charge in [-0.2, -0.15) is 5.26 Å². The minimum Gasteiger partial charge on any atom is -0.314 e. The smallest absolute Gasteiger partial charge is 0.0822 e. The molecule has 0 amide bonds. The molecule has 0 aliphatic heterocycles. The average molecular weight is 368 g/mol. The number of nitrogens with zero attached hydrogens (tertiary/aromatic N) is 3. The summed E-state index contributed by atoms with van der Waals surface area (Å²) in [6, 6.07) is 12.8. The van der Waals surface area contributed by atoms with Crippen LogP contribution >= 0.6 is 23.5 Å². The molecule has 1 aromatic carbocycles. The average Bonchev–Trinajstić information content (AvgIpc) is 2.92. The number of fused-ring (bicyclic) bond motifs is 1. The van der Waals surface area contributed by atoms with Gasteiger partial charge < -0.3 is 4.40 Å². The number of nitriles is 1. The molecule has 3 aromatic rings. The Morgan fingerprint density at radius 1 is 1.08 bits per heavy atom. The van der Waals surface area contributed by atoms with Gasteiger partial charge in [-0.3, -0.25) is 4.98 Å². The minimum atomic E-state index is 0.419. The maximum Gasteiger partial charge on any atom is 0.0822 e. The fourth-order valence-corrected chi connectivity index (χ4v) is 5.11. The van der Waals surface area contributed by atoms with E-state index < -0.39 is 0 Å². The Bertz CT molecular complexity index is 895. The molecule has 0 unspecified atom stereocenters. The number of benzene rings is 1. The van der Waals surface area contributed by atoms with E-state index in [2.05, 4.69) is 48.6 Å². The van der Waals surface area contributed by atoms with Gasteiger partial charge in [0.15, 0.2) is 0 Å². The topological polar surface area (TPSA) is 41.1 Å². The Labute approximate surface area is 157 Å². The van der Waals surface area contributed by atoms with Gasteiger partial charge >= 0.3 is 0 Å². The lowest BCUT2D eigenvalue weighted by Gasteiger charge is -2.07. The molecule has 0 radical (unpaired) electrons. The SMILES string of the molecule is CCSc1c(SCC)c2c(Cc3ccccc3)nccn2c1CC#N. The molecule has 3 nitrogen and oxygen atoms in total. The normalized spacial score (nSPS) is 10.9. The van der Waals surface area contributed by atoms with E-state index in [1.54, 1.807) is 0 Å². The van der Waals surface area contributed by atoms with Crippen LogP contribution in [0.5, 0.6) is 0 Å². The van der Waals surface area contributed by atoms with Gasteiger partial charge in [-0.15, -0.1) is 23.5 Å². The highest BCUT2D eigenvalue weighted by Gasteiger charge is 2.21. The molecule has 0 spiro atoms. The highest BCUT2D eigenvalue weighted by molar-refractivity contribution is 8.02. The van der Waals surface area contributed by atoms with E-state index in [0.29, 0.717) is 6.42 Å². The van der Waals surface area contributed by atoms with Crippen LogP contribution in [0.4, 0.5) is 0 Å². The predicted octanol–water partition coefficient (Wildman–Crippen LogP) is 5.22. The van der Waals surface area contributed by atoms with Gasteiger partial charge in [-0.05, 0) is 17.1 Å². The Morgan fingerprint density at radius 3 is 2.48 bits per heavy atom. The van der Waals surface area contributed by atoms with E-state index in [0.717, 1.165) is 29.3 Å². The highest BCUT2D eigenvalue weighted by Crippen LogP contribution is 2.40. The van der Waals surface area contributed by atoms with Crippen LogP contribution < -0.4 is 0 Å². The fraction of sp³-hybridized carbons (Fsp3) is 0.300. The van der Waals surface area contributed by atoms with Crippen molar-refractivity contribution < 1.29 is 0 Å². The van der Waals surface area contributed by atoms with Gasteiger partial charge in [0.05, 0.1) is 29.4 Å². The quantitative estimate of drug-likeness (QED) is 0.537. The molecule has 128 valence electrons. The largest absolute Gasteiger partial charge is 0.314 e. The van der Waals surface area contributed by atoms with Crippen molar-refractivity contribution in [1.29, 1.82) is 5.26 Å². The van der Waals surface area contributed by atoms with Gasteiger partial charge in [-0.1, -0.05) is 44.2 Å². The predicted molar refractivity (Wildman–Crippen MR) is 107 cm³/mol. The lowest BCUT2D eigenvalue weighted by atomic mass is 10.1. The summed E-state index contributed by atoms with van der Waals surface area (Å²) in [5.74, 6) is 2.00. The monoisotopic (exact) mass is 367 g/mol. The zero-order chi connectivity index (χ0) is 17.6. The van der Waals surface area contributed by atoms with Crippen LogP contribution in [0.15, 0.2) is 52.5 Å². The molecule has 0 saturated heterocycles. The van der Waals surface area contributed by atoms with Crippen LogP contribution in [-0.2, 0) is 12.8 Å². The summed E-state index contributed by atoms with van der Waals surface area (Å²) in [7, 11) is 0. The van der Waals surface area contributed by atoms with E-state index in [-0.39, 0.29) is 0 Å². The molecule has 0 aliphatic rings. The standard InChI is InChI=1S/C20H21N3S2/c1-3-24-19-17(10-11-21)23-13-12-22-16(18(23)20(19)25-4-2)14-15-8-6-5-7-9-15/h5-9,12-13H,3-4,10,14H2,1-2H3. The van der Waals surface area contributed by atoms with Gasteiger partial charge in [0.25, 0.3) is 0 Å². The molecule has 0 saturated carbocycles. The zero-order valence-corrected chi connectivity index (χ0v) is 16.2. The molecule has 2 aromatic heterocycles. The van der Waals surface area contributed by atoms with E-state index in [9.17, 15) is 5.26 Å². The first-order valence-electron chi connectivity index (χ1n) is 8.47. The fourth-order valence-electron chi connectivity index (χ4n) is 3.01. The van der Waals surface area contributed by atoms with Crippen LogP contribution in [0.1, 0.15) is 30.8 Å². The van der Waals surface area contributed by atoms with Crippen molar-refractivity contribution in [2.45, 2.75) is 36.5 Å². The number of rotatable bonds is 7. The first-order chi connectivity index (χ1) is 12.3. The summed E-state index contributed by atoms with van der Waals surface area (Å²) in [5.41, 5.74) is 4.59. The van der Waals surface area contributed by atoms with Crippen molar-refractivity contribution in [3.05, 3.63) is 59.7 Å². The van der Waals surface area contributed by atoms with Crippen LogP contribution in [0.2, 0.25) is 0 Å². The van der Waals surface area contributed by atoms with E-state index in [1.165, 1.54) is 20.9 Å². The van der Waals surface area contributed by atoms with Crippen molar-refractivity contribution >= 4 is 29.0 Å². The highest BCUT2D eigenvalue weighted by atomic mass is 32.2. The molecule has 0 atom stereocenters. The number of hydrogen-bond acceptors (Lipinski definition) is 4. The first kappa shape index (κ1) is 17.9. The first-order valence-corrected chi connectivity index (χ1v) is 10.4. The van der Waals surface area contributed by atoms with Crippen LogP contribution in [0.25, 0.3) is 5.52 Å². The lowest BCUT2D eigenvalue weighted by Crippen LogP contribution is -1.99. The number of hydrogen-bond donors (Lipinski definition) is 0. The number of thioether (sulfide) groups is 2. The Hall–Kier alpha value is -1.90. The Balaban J connectivity index is 2.21. The third-order valence-corrected chi connectivity index (χ3v) is 6.09. The van der Waals surface area contributed by atoms with Crippen LogP contribution in [0, 0.1) is 11.3 Å². The van der Waals surface area contributed by atoms with E-state index in [4.69, 9.17) is 4.98 Å². The van der Waals surface area contributed by atoms with E-state index >= 15 is 0 Å². The summed E-state index contributed by atoms with van der Waals surface area (Å²) < 4.78 is 2.18. The number of aromatic nitrogens is 2. The Kier molecular flexibility index (Phi) is 6.06. The summed E-state index contributed by atoms with van der Waals surface area (Å²) >= 11 is 3.68. The lowest BCUT2D eigenvalue weighted by molar-refractivity contribution is 0.973. The molecule has 5 heteroatoms. The molecule has 0 aliphatic carbocycles. The van der Waals surface area contributed by atoms with Crippen molar-refractivity contribution in [1.82, 2.24) is 9.38 Å². The van der Waals surface area contributed by atoms with Crippen molar-refractivity contribution in [3.8, 4) is 6.07 Å². The zero-order valence-electron chi connectivity index (χ0n) is 14.5. The summed E-state index contributed by atoms with van der Waals surface area (Å²) in [4.78, 5) is 7.22. The van der Waals surface area contributed by atoms with Gasteiger partial charge in [0, 0.05) is 28.6 Å². The van der Waals surface area contributed by atoms with Crippen molar-refractivity contribution in [3.63, 3.8) is 0 Å². The Morgan fingerprint density at radius 2 is 1.80 bits per heavy atom. The summed E-state index contributed by atoms with van der Waals surface area (Å²) in [5, 5.41) is 9.32. The maximum atomic E-state index is 9.32. The van der Waals surface area contributed by atoms with Crippen LogP contribution in [-0.4, -0.2) is 20.9 Å². The summed E-state index contributed by atoms with van der Waals surface area (Å²) in [6.45, 7) is 4.33. The molecule has 3 rings (SSSR count). The van der Waals surface area contributed by atoms with Gasteiger partial charge in [0.1, 0.15) is 0 Å². The molecular weight excluding hydrogens is 346 g/mol. The molecule has 0 N–H and O–H groups in total. The third-order valence-electron chi connectivity index (χ3n) is 3.97.